The molecule has 1 fully saturated rings. The Morgan fingerprint density at radius 1 is 1.08 bits per heavy atom. The largest absolute Gasteiger partial charge is 0.478 e. The van der Waals surface area contributed by atoms with E-state index in [0.717, 1.165) is 17.8 Å². The fraction of sp³-hybridized carbons (Fsp3) is 0.263. The van der Waals surface area contributed by atoms with Crippen molar-refractivity contribution in [3.05, 3.63) is 53.1 Å². The second-order valence-corrected chi connectivity index (χ2v) is 6.18. The predicted molar refractivity (Wildman–Crippen MR) is 91.7 cm³/mol. The number of hydrogen-bond acceptors (Lipinski definition) is 3. The van der Waals surface area contributed by atoms with Crippen molar-refractivity contribution in [1.29, 1.82) is 0 Å². The lowest BCUT2D eigenvalue weighted by Crippen LogP contribution is -2.09. The first-order chi connectivity index (χ1) is 11.5. The van der Waals surface area contributed by atoms with Crippen LogP contribution in [0.2, 0.25) is 0 Å². The molecule has 2 aromatic carbocycles. The average molecular weight is 325 g/mol. The van der Waals surface area contributed by atoms with Crippen molar-refractivity contribution in [2.45, 2.75) is 19.8 Å². The fourth-order valence-electron chi connectivity index (χ4n) is 2.78. The van der Waals surface area contributed by atoms with Crippen LogP contribution in [0.4, 0.5) is 5.69 Å². The summed E-state index contributed by atoms with van der Waals surface area (Å²) in [5.74, 6) is -1.55. The van der Waals surface area contributed by atoms with Gasteiger partial charge in [0, 0.05) is 17.8 Å². The lowest BCUT2D eigenvalue weighted by atomic mass is 9.94. The van der Waals surface area contributed by atoms with Crippen LogP contribution in [0.5, 0.6) is 0 Å². The molecule has 1 aliphatic carbocycles. The third-order valence-corrected chi connectivity index (χ3v) is 4.38. The lowest BCUT2D eigenvalue weighted by Gasteiger charge is -2.14. The van der Waals surface area contributed by atoms with Gasteiger partial charge in [0.2, 0.25) is 0 Å². The fourth-order valence-corrected chi connectivity index (χ4v) is 2.78. The van der Waals surface area contributed by atoms with E-state index in [4.69, 9.17) is 0 Å². The summed E-state index contributed by atoms with van der Waals surface area (Å²) in [7, 11) is 0. The first-order valence-electron chi connectivity index (χ1n) is 7.92. The number of carboxylic acids is 2. The molecule has 0 spiro atoms. The average Bonchev–Trinajstić information content (AvgIpc) is 3.37. The molecule has 0 amide bonds. The monoisotopic (exact) mass is 325 g/mol. The highest BCUT2D eigenvalue weighted by Crippen LogP contribution is 2.33. The zero-order valence-electron chi connectivity index (χ0n) is 13.4. The minimum Gasteiger partial charge on any atom is -0.478 e. The summed E-state index contributed by atoms with van der Waals surface area (Å²) in [5.41, 5.74) is 2.59. The number of rotatable bonds is 6. The molecule has 0 aromatic heterocycles. The van der Waals surface area contributed by atoms with Gasteiger partial charge >= 0.3 is 11.9 Å². The molecule has 5 nitrogen and oxygen atoms in total. The summed E-state index contributed by atoms with van der Waals surface area (Å²) in [5, 5.41) is 22.2. The summed E-state index contributed by atoms with van der Waals surface area (Å²) in [4.78, 5) is 23.0. The van der Waals surface area contributed by atoms with E-state index in [0.29, 0.717) is 11.5 Å². The topological polar surface area (TPSA) is 86.6 Å². The van der Waals surface area contributed by atoms with E-state index in [1.165, 1.54) is 19.8 Å². The van der Waals surface area contributed by atoms with Gasteiger partial charge < -0.3 is 15.5 Å². The van der Waals surface area contributed by atoms with Crippen LogP contribution in [0, 0.1) is 12.8 Å². The molecule has 5 heteroatoms. The molecule has 1 aliphatic rings. The molecule has 0 aliphatic heterocycles. The molecule has 0 bridgehead atoms. The second kappa shape index (κ2) is 6.35. The number of nitrogens with one attached hydrogen (secondary N) is 1. The van der Waals surface area contributed by atoms with Crippen molar-refractivity contribution in [3.8, 4) is 11.1 Å². The number of carbonyl (C=O) groups is 2. The van der Waals surface area contributed by atoms with Crippen LogP contribution in [0.3, 0.4) is 0 Å². The second-order valence-electron chi connectivity index (χ2n) is 6.18. The van der Waals surface area contributed by atoms with Crippen LogP contribution in [-0.2, 0) is 0 Å². The van der Waals surface area contributed by atoms with Crippen molar-refractivity contribution in [1.82, 2.24) is 0 Å². The van der Waals surface area contributed by atoms with Gasteiger partial charge in [0.25, 0.3) is 0 Å². The van der Waals surface area contributed by atoms with Gasteiger partial charge in [-0.05, 0) is 55.0 Å². The molecule has 1 saturated carbocycles. The normalized spacial score (nSPS) is 13.5. The van der Waals surface area contributed by atoms with E-state index in [9.17, 15) is 19.8 Å². The summed E-state index contributed by atoms with van der Waals surface area (Å²) >= 11 is 0. The third-order valence-electron chi connectivity index (χ3n) is 4.38. The number of carboxylic acid groups (broad SMARTS) is 2. The van der Waals surface area contributed by atoms with Crippen molar-refractivity contribution < 1.29 is 19.8 Å². The standard InChI is InChI=1S/C19H19NO4/c1-11-15(18(21)22)8-13(9-16(11)19(23)24)14-4-2-3-5-17(14)20-10-12-6-7-12/h2-5,8-9,12,20H,6-7,10H2,1H3,(H,21,22)(H,23,24). The van der Waals surface area contributed by atoms with Crippen molar-refractivity contribution in [2.24, 2.45) is 5.92 Å². The molecular weight excluding hydrogens is 306 g/mol. The molecule has 24 heavy (non-hydrogen) atoms. The Balaban J connectivity index is 2.08. The maximum Gasteiger partial charge on any atom is 0.335 e. The van der Waals surface area contributed by atoms with E-state index in [2.05, 4.69) is 5.32 Å². The number of anilines is 1. The smallest absolute Gasteiger partial charge is 0.335 e. The first-order valence-corrected chi connectivity index (χ1v) is 7.92. The lowest BCUT2D eigenvalue weighted by molar-refractivity contribution is 0.0696. The highest BCUT2D eigenvalue weighted by atomic mass is 16.4. The first kappa shape index (κ1) is 16.1. The molecule has 0 saturated heterocycles. The van der Waals surface area contributed by atoms with E-state index in [1.807, 2.05) is 24.3 Å². The van der Waals surface area contributed by atoms with Crippen LogP contribution in [0.15, 0.2) is 36.4 Å². The van der Waals surface area contributed by atoms with Crippen LogP contribution in [0.1, 0.15) is 39.1 Å². The van der Waals surface area contributed by atoms with Gasteiger partial charge in [-0.3, -0.25) is 0 Å². The molecule has 0 heterocycles. The van der Waals surface area contributed by atoms with Crippen LogP contribution >= 0.6 is 0 Å². The molecule has 124 valence electrons. The highest BCUT2D eigenvalue weighted by molar-refractivity contribution is 5.99. The molecule has 3 rings (SSSR count). The summed E-state index contributed by atoms with van der Waals surface area (Å²) in [6.45, 7) is 2.40. The number of aromatic carboxylic acids is 2. The number of benzene rings is 2. The Kier molecular flexibility index (Phi) is 4.25. The summed E-state index contributed by atoms with van der Waals surface area (Å²) in [6.07, 6.45) is 2.46. The number of hydrogen-bond donors (Lipinski definition) is 3. The SMILES string of the molecule is Cc1c(C(=O)O)cc(-c2ccccc2NCC2CC2)cc1C(=O)O. The Labute approximate surface area is 139 Å². The van der Waals surface area contributed by atoms with Gasteiger partial charge in [0.1, 0.15) is 0 Å². The van der Waals surface area contributed by atoms with E-state index in [-0.39, 0.29) is 16.7 Å². The Hall–Kier alpha value is -2.82. The minimum atomic E-state index is -1.12. The minimum absolute atomic E-state index is 0.0156. The van der Waals surface area contributed by atoms with Crippen LogP contribution in [-0.4, -0.2) is 28.7 Å². The summed E-state index contributed by atoms with van der Waals surface area (Å²) in [6, 6.07) is 10.7. The Bertz CT molecular complexity index is 774. The van der Waals surface area contributed by atoms with Gasteiger partial charge in [-0.2, -0.15) is 0 Å². The third kappa shape index (κ3) is 3.25. The highest BCUT2D eigenvalue weighted by Gasteiger charge is 2.22. The van der Waals surface area contributed by atoms with Gasteiger partial charge in [-0.25, -0.2) is 9.59 Å². The number of para-hydroxylation sites is 1. The van der Waals surface area contributed by atoms with Crippen molar-refractivity contribution in [3.63, 3.8) is 0 Å². The molecule has 0 radical (unpaired) electrons. The maximum atomic E-state index is 11.5. The summed E-state index contributed by atoms with van der Waals surface area (Å²) < 4.78 is 0. The molecule has 0 atom stereocenters. The van der Waals surface area contributed by atoms with E-state index in [1.54, 1.807) is 12.1 Å². The quantitative estimate of drug-likeness (QED) is 0.750. The molecule has 3 N–H and O–H groups in total. The molecule has 2 aromatic rings. The predicted octanol–water partition coefficient (Wildman–Crippen LogP) is 3.88. The van der Waals surface area contributed by atoms with Gasteiger partial charge in [0.05, 0.1) is 11.1 Å². The van der Waals surface area contributed by atoms with Gasteiger partial charge in [0.15, 0.2) is 0 Å². The zero-order chi connectivity index (χ0) is 17.3. The van der Waals surface area contributed by atoms with Crippen molar-refractivity contribution in [2.75, 3.05) is 11.9 Å². The van der Waals surface area contributed by atoms with E-state index < -0.39 is 11.9 Å². The molecule has 0 unspecified atom stereocenters. The van der Waals surface area contributed by atoms with Crippen molar-refractivity contribution >= 4 is 17.6 Å². The zero-order valence-corrected chi connectivity index (χ0v) is 13.4. The maximum absolute atomic E-state index is 11.5. The van der Waals surface area contributed by atoms with Gasteiger partial charge in [-0.15, -0.1) is 0 Å². The Morgan fingerprint density at radius 3 is 2.21 bits per heavy atom. The Morgan fingerprint density at radius 2 is 1.67 bits per heavy atom. The van der Waals surface area contributed by atoms with Crippen LogP contribution in [0.25, 0.3) is 11.1 Å². The van der Waals surface area contributed by atoms with E-state index >= 15 is 0 Å². The van der Waals surface area contributed by atoms with Crippen LogP contribution < -0.4 is 5.32 Å². The van der Waals surface area contributed by atoms with Gasteiger partial charge in [-0.1, -0.05) is 18.2 Å². The molecular formula is C19H19NO4.